The predicted octanol–water partition coefficient (Wildman–Crippen LogP) is 1.44. The lowest BCUT2D eigenvalue weighted by Crippen LogP contribution is -2.45. The summed E-state index contributed by atoms with van der Waals surface area (Å²) in [6.07, 6.45) is 3.92. The number of hydrogen-bond donors (Lipinski definition) is 1. The van der Waals surface area contributed by atoms with Gasteiger partial charge in [0.2, 0.25) is 11.8 Å². The Hall–Kier alpha value is -1.65. The van der Waals surface area contributed by atoms with Crippen molar-refractivity contribution in [3.63, 3.8) is 0 Å². The lowest BCUT2D eigenvalue weighted by molar-refractivity contribution is -0.155. The third-order valence-electron chi connectivity index (χ3n) is 4.33. The second-order valence-corrected chi connectivity index (χ2v) is 5.38. The van der Waals surface area contributed by atoms with E-state index >= 15 is 0 Å². The molecule has 2 rings (SSSR count). The van der Waals surface area contributed by atoms with Crippen LogP contribution in [0.5, 0.6) is 0 Å². The number of carboxylic acid groups (broad SMARTS) is 1. The summed E-state index contributed by atoms with van der Waals surface area (Å²) < 4.78 is 0. The summed E-state index contributed by atoms with van der Waals surface area (Å²) in [5, 5.41) is 9.17. The van der Waals surface area contributed by atoms with Gasteiger partial charge in [-0.2, -0.15) is 0 Å². The van der Waals surface area contributed by atoms with Gasteiger partial charge in [-0.25, -0.2) is 4.79 Å². The van der Waals surface area contributed by atoms with Gasteiger partial charge in [-0.3, -0.25) is 14.5 Å². The van der Waals surface area contributed by atoms with Crippen LogP contribution in [0.4, 0.5) is 0 Å². The zero-order chi connectivity index (χ0) is 14.2. The van der Waals surface area contributed by atoms with E-state index in [1.807, 2.05) is 0 Å². The molecule has 0 aromatic carbocycles. The first kappa shape index (κ1) is 13.8. The Kier molecular flexibility index (Phi) is 3.73. The van der Waals surface area contributed by atoms with Gasteiger partial charge in [0.05, 0.1) is 11.8 Å². The number of carboxylic acids is 1. The average molecular weight is 265 g/mol. The van der Waals surface area contributed by atoms with E-state index in [0.29, 0.717) is 18.8 Å². The van der Waals surface area contributed by atoms with Gasteiger partial charge in [-0.15, -0.1) is 6.58 Å². The van der Waals surface area contributed by atoms with Crippen LogP contribution in [0.3, 0.4) is 0 Å². The van der Waals surface area contributed by atoms with Gasteiger partial charge in [0.25, 0.3) is 0 Å². The highest BCUT2D eigenvalue weighted by Gasteiger charge is 2.54. The van der Waals surface area contributed by atoms with Gasteiger partial charge in [-0.05, 0) is 25.2 Å². The number of imide groups is 1. The van der Waals surface area contributed by atoms with E-state index in [0.717, 1.165) is 11.3 Å². The molecular weight excluding hydrogens is 246 g/mol. The van der Waals surface area contributed by atoms with Crippen molar-refractivity contribution in [3.05, 3.63) is 12.7 Å². The molecule has 1 saturated carbocycles. The molecule has 1 aliphatic heterocycles. The van der Waals surface area contributed by atoms with Crippen molar-refractivity contribution in [2.75, 3.05) is 0 Å². The highest BCUT2D eigenvalue weighted by Crippen LogP contribution is 2.45. The molecule has 2 fully saturated rings. The van der Waals surface area contributed by atoms with E-state index in [1.54, 1.807) is 0 Å². The predicted molar refractivity (Wildman–Crippen MR) is 68.1 cm³/mol. The van der Waals surface area contributed by atoms with Gasteiger partial charge in [0.15, 0.2) is 0 Å². The molecule has 0 aromatic heterocycles. The largest absolute Gasteiger partial charge is 0.480 e. The van der Waals surface area contributed by atoms with E-state index in [1.165, 1.54) is 6.08 Å². The first-order chi connectivity index (χ1) is 9.01. The maximum atomic E-state index is 12.3. The zero-order valence-corrected chi connectivity index (χ0v) is 11.0. The lowest BCUT2D eigenvalue weighted by Gasteiger charge is -2.23. The van der Waals surface area contributed by atoms with Crippen molar-refractivity contribution in [2.24, 2.45) is 17.8 Å². The van der Waals surface area contributed by atoms with Crippen LogP contribution < -0.4 is 0 Å². The number of amides is 2. The summed E-state index contributed by atoms with van der Waals surface area (Å²) in [4.78, 5) is 36.8. The topological polar surface area (TPSA) is 74.7 Å². The first-order valence-corrected chi connectivity index (χ1v) is 6.71. The summed E-state index contributed by atoms with van der Waals surface area (Å²) in [5.74, 6) is -1.95. The summed E-state index contributed by atoms with van der Waals surface area (Å²) in [6, 6.07) is -1.09. The number of carbonyl (C=O) groups excluding carboxylic acids is 2. The normalized spacial score (nSPS) is 31.4. The van der Waals surface area contributed by atoms with Gasteiger partial charge in [0, 0.05) is 0 Å². The van der Waals surface area contributed by atoms with Gasteiger partial charge in [0.1, 0.15) is 6.04 Å². The van der Waals surface area contributed by atoms with Crippen molar-refractivity contribution in [1.29, 1.82) is 0 Å². The molecule has 5 nitrogen and oxygen atoms in total. The minimum atomic E-state index is -1.14. The second-order valence-electron chi connectivity index (χ2n) is 5.38. The molecule has 3 unspecified atom stereocenters. The molecule has 1 aliphatic carbocycles. The molecule has 2 amide bonds. The lowest BCUT2D eigenvalue weighted by atomic mass is 10.00. The van der Waals surface area contributed by atoms with E-state index in [4.69, 9.17) is 5.11 Å². The molecule has 2 aliphatic rings. The highest BCUT2D eigenvalue weighted by molar-refractivity contribution is 6.08. The number of nitrogens with zero attached hydrogens (tertiary/aromatic N) is 1. The monoisotopic (exact) mass is 265 g/mol. The molecule has 1 saturated heterocycles. The maximum Gasteiger partial charge on any atom is 0.327 e. The SMILES string of the molecule is C=CCC(C(=O)O)N1C(=O)C2CC(CC)CC2C1=O. The minimum Gasteiger partial charge on any atom is -0.480 e. The summed E-state index contributed by atoms with van der Waals surface area (Å²) in [5.41, 5.74) is 0. The number of carbonyl (C=O) groups is 3. The molecule has 104 valence electrons. The van der Waals surface area contributed by atoms with E-state index in [9.17, 15) is 14.4 Å². The van der Waals surface area contributed by atoms with Crippen LogP contribution in [0.25, 0.3) is 0 Å². The molecule has 0 aromatic rings. The van der Waals surface area contributed by atoms with Crippen LogP contribution in [-0.2, 0) is 14.4 Å². The van der Waals surface area contributed by atoms with Gasteiger partial charge >= 0.3 is 5.97 Å². The van der Waals surface area contributed by atoms with Crippen molar-refractivity contribution in [3.8, 4) is 0 Å². The van der Waals surface area contributed by atoms with E-state index in [-0.39, 0.29) is 30.1 Å². The molecule has 1 heterocycles. The summed E-state index contributed by atoms with van der Waals surface area (Å²) in [7, 11) is 0. The van der Waals surface area contributed by atoms with Crippen molar-refractivity contribution >= 4 is 17.8 Å². The van der Waals surface area contributed by atoms with Crippen LogP contribution >= 0.6 is 0 Å². The summed E-state index contributed by atoms with van der Waals surface area (Å²) >= 11 is 0. The third kappa shape index (κ3) is 2.17. The standard InChI is InChI=1S/C14H19NO4/c1-3-5-11(14(18)19)15-12(16)9-6-8(4-2)7-10(9)13(15)17/h3,8-11H,1,4-7H2,2H3,(H,18,19). The Bertz CT molecular complexity index is 407. The Morgan fingerprint density at radius 3 is 2.32 bits per heavy atom. The van der Waals surface area contributed by atoms with Crippen LogP contribution in [0.15, 0.2) is 12.7 Å². The van der Waals surface area contributed by atoms with E-state index in [2.05, 4.69) is 13.5 Å². The van der Waals surface area contributed by atoms with Crippen LogP contribution in [-0.4, -0.2) is 33.8 Å². The molecule has 19 heavy (non-hydrogen) atoms. The average Bonchev–Trinajstić information content (AvgIpc) is 2.89. The van der Waals surface area contributed by atoms with Crippen molar-refractivity contribution < 1.29 is 19.5 Å². The zero-order valence-electron chi connectivity index (χ0n) is 11.0. The Balaban J connectivity index is 2.22. The Morgan fingerprint density at radius 1 is 1.42 bits per heavy atom. The molecule has 0 spiro atoms. The number of fused-ring (bicyclic) bond motifs is 1. The third-order valence-corrected chi connectivity index (χ3v) is 4.33. The van der Waals surface area contributed by atoms with Gasteiger partial charge in [-0.1, -0.05) is 19.4 Å². The number of hydrogen-bond acceptors (Lipinski definition) is 3. The fourth-order valence-corrected chi connectivity index (χ4v) is 3.27. The minimum absolute atomic E-state index is 0.101. The van der Waals surface area contributed by atoms with Crippen LogP contribution in [0, 0.1) is 17.8 Å². The molecule has 0 radical (unpaired) electrons. The van der Waals surface area contributed by atoms with Crippen LogP contribution in [0.1, 0.15) is 32.6 Å². The second kappa shape index (κ2) is 5.15. The maximum absolute atomic E-state index is 12.3. The van der Waals surface area contributed by atoms with Gasteiger partial charge < -0.3 is 5.11 Å². The molecule has 3 atom stereocenters. The van der Waals surface area contributed by atoms with Crippen LogP contribution in [0.2, 0.25) is 0 Å². The molecule has 5 heteroatoms. The Labute approximate surface area is 112 Å². The first-order valence-electron chi connectivity index (χ1n) is 6.71. The number of aliphatic carboxylic acids is 1. The fraction of sp³-hybridized carbons (Fsp3) is 0.643. The quantitative estimate of drug-likeness (QED) is 0.603. The highest BCUT2D eigenvalue weighted by atomic mass is 16.4. The molecular formula is C14H19NO4. The van der Waals surface area contributed by atoms with Crippen molar-refractivity contribution in [1.82, 2.24) is 4.90 Å². The summed E-state index contributed by atoms with van der Waals surface area (Å²) in [6.45, 7) is 5.54. The number of rotatable bonds is 5. The number of likely N-dealkylation sites (tertiary alicyclic amines) is 1. The Morgan fingerprint density at radius 2 is 1.95 bits per heavy atom. The van der Waals surface area contributed by atoms with Crippen molar-refractivity contribution in [2.45, 2.75) is 38.6 Å². The molecule has 1 N–H and O–H groups in total. The van der Waals surface area contributed by atoms with E-state index < -0.39 is 12.0 Å². The fourth-order valence-electron chi connectivity index (χ4n) is 3.27. The smallest absolute Gasteiger partial charge is 0.327 e. The molecule has 0 bridgehead atoms.